The summed E-state index contributed by atoms with van der Waals surface area (Å²) in [5.41, 5.74) is 1.21. The summed E-state index contributed by atoms with van der Waals surface area (Å²) in [5.74, 6) is 0. The Morgan fingerprint density at radius 1 is 1.23 bits per heavy atom. The molecule has 0 atom stereocenters. The van der Waals surface area contributed by atoms with Crippen molar-refractivity contribution in [2.75, 3.05) is 0 Å². The number of allylic oxidation sites excluding steroid dienone is 1. The summed E-state index contributed by atoms with van der Waals surface area (Å²) in [6.07, 6.45) is 13.4. The van der Waals surface area contributed by atoms with Gasteiger partial charge in [-0.15, -0.1) is 0 Å². The molecule has 0 aromatic carbocycles. The van der Waals surface area contributed by atoms with E-state index < -0.39 is 0 Å². The van der Waals surface area contributed by atoms with Gasteiger partial charge in [-0.05, 0) is 18.9 Å². The zero-order chi connectivity index (χ0) is 8.93. The number of aliphatic imine (C=N–C) groups is 2. The third kappa shape index (κ3) is 2.51. The fraction of sp³-hybridized carbons (Fsp3) is 0.636. The topological polar surface area (TPSA) is 24.7 Å². The van der Waals surface area contributed by atoms with E-state index in [1.807, 2.05) is 18.5 Å². The van der Waals surface area contributed by atoms with E-state index in [0.29, 0.717) is 6.04 Å². The molecular formula is C11H16N2. The van der Waals surface area contributed by atoms with E-state index in [9.17, 15) is 0 Å². The summed E-state index contributed by atoms with van der Waals surface area (Å²) in [5, 5.41) is 0. The Labute approximate surface area is 79.5 Å². The highest BCUT2D eigenvalue weighted by Crippen LogP contribution is 2.20. The first-order chi connectivity index (χ1) is 6.45. The lowest BCUT2D eigenvalue weighted by Gasteiger charge is -2.18. The molecule has 0 unspecified atom stereocenters. The standard InChI is InChI=1S/C11H16N2/c1-2-4-10(5-3-1)13-11-6-8-12-9-7-11/h6,8-10H,1-5,7H2. The summed E-state index contributed by atoms with van der Waals surface area (Å²) >= 11 is 0. The van der Waals surface area contributed by atoms with Crippen LogP contribution in [0.5, 0.6) is 0 Å². The smallest absolute Gasteiger partial charge is 0.0503 e. The van der Waals surface area contributed by atoms with Crippen molar-refractivity contribution in [3.63, 3.8) is 0 Å². The van der Waals surface area contributed by atoms with E-state index in [4.69, 9.17) is 4.99 Å². The Balaban J connectivity index is 1.93. The molecule has 2 aliphatic rings. The molecule has 2 rings (SSSR count). The minimum atomic E-state index is 0.597. The molecule has 13 heavy (non-hydrogen) atoms. The molecule has 0 aromatic rings. The summed E-state index contributed by atoms with van der Waals surface area (Å²) in [4.78, 5) is 8.77. The van der Waals surface area contributed by atoms with Crippen LogP contribution in [0.3, 0.4) is 0 Å². The predicted molar refractivity (Wildman–Crippen MR) is 56.6 cm³/mol. The first-order valence-electron chi connectivity index (χ1n) is 5.20. The van der Waals surface area contributed by atoms with E-state index in [1.54, 1.807) is 0 Å². The van der Waals surface area contributed by atoms with Gasteiger partial charge in [-0.1, -0.05) is 19.3 Å². The van der Waals surface area contributed by atoms with Gasteiger partial charge in [-0.25, -0.2) is 0 Å². The molecule has 1 fully saturated rings. The van der Waals surface area contributed by atoms with Crippen molar-refractivity contribution in [1.82, 2.24) is 0 Å². The van der Waals surface area contributed by atoms with Gasteiger partial charge in [0.2, 0.25) is 0 Å². The second-order valence-corrected chi connectivity index (χ2v) is 3.76. The number of nitrogens with zero attached hydrogens (tertiary/aromatic N) is 2. The molecule has 1 saturated carbocycles. The number of hydrogen-bond donors (Lipinski definition) is 0. The largest absolute Gasteiger partial charge is 0.286 e. The normalized spacial score (nSPS) is 26.9. The Morgan fingerprint density at radius 2 is 2.08 bits per heavy atom. The molecule has 2 heteroatoms. The van der Waals surface area contributed by atoms with Gasteiger partial charge in [0.05, 0.1) is 6.04 Å². The minimum absolute atomic E-state index is 0.597. The van der Waals surface area contributed by atoms with Crippen LogP contribution in [0.25, 0.3) is 0 Å². The Morgan fingerprint density at radius 3 is 2.77 bits per heavy atom. The zero-order valence-electron chi connectivity index (χ0n) is 7.95. The van der Waals surface area contributed by atoms with E-state index in [0.717, 1.165) is 6.42 Å². The molecule has 1 aliphatic heterocycles. The molecule has 0 N–H and O–H groups in total. The van der Waals surface area contributed by atoms with Crippen molar-refractivity contribution >= 4 is 11.9 Å². The van der Waals surface area contributed by atoms with Crippen molar-refractivity contribution in [2.24, 2.45) is 9.98 Å². The van der Waals surface area contributed by atoms with Gasteiger partial charge in [0.1, 0.15) is 0 Å². The lowest BCUT2D eigenvalue weighted by molar-refractivity contribution is 0.443. The van der Waals surface area contributed by atoms with Gasteiger partial charge < -0.3 is 0 Å². The van der Waals surface area contributed by atoms with Crippen LogP contribution in [0.15, 0.2) is 22.3 Å². The number of rotatable bonds is 1. The van der Waals surface area contributed by atoms with Gasteiger partial charge in [0, 0.05) is 24.5 Å². The Hall–Kier alpha value is -0.920. The van der Waals surface area contributed by atoms with Crippen LogP contribution in [-0.2, 0) is 0 Å². The van der Waals surface area contributed by atoms with E-state index >= 15 is 0 Å². The molecule has 0 spiro atoms. The highest BCUT2D eigenvalue weighted by atomic mass is 14.8. The third-order valence-corrected chi connectivity index (χ3v) is 2.68. The first-order valence-corrected chi connectivity index (χ1v) is 5.20. The van der Waals surface area contributed by atoms with Crippen LogP contribution in [0.1, 0.15) is 38.5 Å². The fourth-order valence-electron chi connectivity index (χ4n) is 1.94. The van der Waals surface area contributed by atoms with Crippen molar-refractivity contribution in [3.8, 4) is 0 Å². The molecule has 2 nitrogen and oxygen atoms in total. The lowest BCUT2D eigenvalue weighted by atomic mass is 9.96. The van der Waals surface area contributed by atoms with Gasteiger partial charge >= 0.3 is 0 Å². The molecule has 70 valence electrons. The second-order valence-electron chi connectivity index (χ2n) is 3.76. The molecule has 0 aromatic heterocycles. The minimum Gasteiger partial charge on any atom is -0.286 e. The Kier molecular flexibility index (Phi) is 2.90. The van der Waals surface area contributed by atoms with E-state index in [2.05, 4.69) is 4.99 Å². The molecule has 0 radical (unpaired) electrons. The highest BCUT2D eigenvalue weighted by Gasteiger charge is 2.12. The molecule has 0 bridgehead atoms. The Bertz CT molecular complexity index is 245. The third-order valence-electron chi connectivity index (χ3n) is 2.68. The maximum Gasteiger partial charge on any atom is 0.0503 e. The SMILES string of the molecule is C1=CC(=NC2CCCCC2)CC=N1. The van der Waals surface area contributed by atoms with Crippen LogP contribution in [0.4, 0.5) is 0 Å². The molecule has 0 amide bonds. The van der Waals surface area contributed by atoms with Crippen LogP contribution in [0.2, 0.25) is 0 Å². The van der Waals surface area contributed by atoms with Crippen molar-refractivity contribution in [1.29, 1.82) is 0 Å². The predicted octanol–water partition coefficient (Wildman–Crippen LogP) is 2.75. The van der Waals surface area contributed by atoms with Crippen molar-refractivity contribution < 1.29 is 0 Å². The van der Waals surface area contributed by atoms with Crippen LogP contribution in [-0.4, -0.2) is 18.0 Å². The maximum absolute atomic E-state index is 4.73. The van der Waals surface area contributed by atoms with Crippen molar-refractivity contribution in [2.45, 2.75) is 44.6 Å². The summed E-state index contributed by atoms with van der Waals surface area (Å²) in [6.45, 7) is 0. The molecule has 1 aliphatic carbocycles. The van der Waals surface area contributed by atoms with Crippen molar-refractivity contribution in [3.05, 3.63) is 12.3 Å². The highest BCUT2D eigenvalue weighted by molar-refractivity contribution is 6.04. The zero-order valence-corrected chi connectivity index (χ0v) is 7.95. The van der Waals surface area contributed by atoms with E-state index in [1.165, 1.54) is 37.8 Å². The van der Waals surface area contributed by atoms with Gasteiger partial charge in [0.15, 0.2) is 0 Å². The van der Waals surface area contributed by atoms with E-state index in [-0.39, 0.29) is 0 Å². The van der Waals surface area contributed by atoms with Gasteiger partial charge in [0.25, 0.3) is 0 Å². The molecule has 0 saturated heterocycles. The second kappa shape index (κ2) is 4.35. The average Bonchev–Trinajstić information content (AvgIpc) is 2.21. The van der Waals surface area contributed by atoms with Crippen LogP contribution < -0.4 is 0 Å². The fourth-order valence-corrected chi connectivity index (χ4v) is 1.94. The molecule has 1 heterocycles. The lowest BCUT2D eigenvalue weighted by Crippen LogP contribution is -2.12. The van der Waals surface area contributed by atoms with Gasteiger partial charge in [-0.3, -0.25) is 9.98 Å². The van der Waals surface area contributed by atoms with Gasteiger partial charge in [-0.2, -0.15) is 0 Å². The molecular weight excluding hydrogens is 160 g/mol. The monoisotopic (exact) mass is 176 g/mol. The summed E-state index contributed by atoms with van der Waals surface area (Å²) in [6, 6.07) is 0.597. The summed E-state index contributed by atoms with van der Waals surface area (Å²) < 4.78 is 0. The summed E-state index contributed by atoms with van der Waals surface area (Å²) in [7, 11) is 0. The van der Waals surface area contributed by atoms with Crippen LogP contribution in [0, 0.1) is 0 Å². The maximum atomic E-state index is 4.73. The number of hydrogen-bond acceptors (Lipinski definition) is 2. The quantitative estimate of drug-likeness (QED) is 0.587. The first kappa shape index (κ1) is 8.67. The average molecular weight is 176 g/mol. The van der Waals surface area contributed by atoms with Crippen LogP contribution >= 0.6 is 0 Å².